The number of nitrogens with one attached hydrogen (secondary N) is 1. The highest BCUT2D eigenvalue weighted by Gasteiger charge is 2.24. The molecule has 0 saturated carbocycles. The number of amides is 1. The number of nitro groups is 1. The summed E-state index contributed by atoms with van der Waals surface area (Å²) < 4.78 is 5.21. The van der Waals surface area contributed by atoms with Crippen molar-refractivity contribution in [2.24, 2.45) is 0 Å². The van der Waals surface area contributed by atoms with E-state index in [2.05, 4.69) is 5.32 Å². The van der Waals surface area contributed by atoms with E-state index in [0.717, 1.165) is 10.8 Å². The van der Waals surface area contributed by atoms with Gasteiger partial charge in [-0.3, -0.25) is 14.9 Å². The summed E-state index contributed by atoms with van der Waals surface area (Å²) in [7, 11) is 1.52. The van der Waals surface area contributed by atoms with Crippen LogP contribution < -0.4 is 10.1 Å². The Bertz CT molecular complexity index is 1300. The number of phenolic OH excluding ortho intramolecular Hbond substituents is 1. The number of non-ortho nitro benzene ring substituents is 1. The van der Waals surface area contributed by atoms with Crippen LogP contribution in [0.15, 0.2) is 84.9 Å². The van der Waals surface area contributed by atoms with Crippen molar-refractivity contribution in [3.63, 3.8) is 0 Å². The second kappa shape index (κ2) is 8.77. The van der Waals surface area contributed by atoms with Gasteiger partial charge in [0.05, 0.1) is 18.1 Å². The lowest BCUT2D eigenvalue weighted by molar-refractivity contribution is -0.384. The van der Waals surface area contributed by atoms with E-state index >= 15 is 0 Å². The zero-order valence-electron chi connectivity index (χ0n) is 17.2. The summed E-state index contributed by atoms with van der Waals surface area (Å²) in [5.74, 6) is 0.176. The summed E-state index contributed by atoms with van der Waals surface area (Å²) in [4.78, 5) is 23.7. The standard InChI is InChI=1S/C25H20N2O5/c1-32-20-7-4-6-18(15-20)25(29)26-24(17-9-12-19(13-10-17)27(30)31)23-21-8-3-2-5-16(21)11-14-22(23)28/h2-15,24,28H,1H3,(H,26,29)/t24-/m0/s1. The van der Waals surface area contributed by atoms with Crippen molar-refractivity contribution in [1.82, 2.24) is 5.32 Å². The molecule has 0 fully saturated rings. The first-order valence-electron chi connectivity index (χ1n) is 9.88. The zero-order valence-corrected chi connectivity index (χ0v) is 17.2. The Kier molecular flexibility index (Phi) is 5.72. The first-order chi connectivity index (χ1) is 15.5. The monoisotopic (exact) mass is 428 g/mol. The molecule has 4 aromatic carbocycles. The number of methoxy groups -OCH3 is 1. The molecule has 4 rings (SSSR count). The lowest BCUT2D eigenvalue weighted by atomic mass is 9.92. The Hall–Kier alpha value is -4.39. The maximum atomic E-state index is 13.1. The first-order valence-corrected chi connectivity index (χ1v) is 9.88. The second-order valence-electron chi connectivity index (χ2n) is 7.21. The van der Waals surface area contributed by atoms with Crippen LogP contribution in [0.25, 0.3) is 10.8 Å². The van der Waals surface area contributed by atoms with E-state index in [1.807, 2.05) is 24.3 Å². The van der Waals surface area contributed by atoms with E-state index in [4.69, 9.17) is 4.74 Å². The average Bonchev–Trinajstić information content (AvgIpc) is 2.83. The Morgan fingerprint density at radius 3 is 2.47 bits per heavy atom. The van der Waals surface area contributed by atoms with Gasteiger partial charge in [-0.2, -0.15) is 0 Å². The fourth-order valence-corrected chi connectivity index (χ4v) is 3.68. The van der Waals surface area contributed by atoms with Crippen LogP contribution in [-0.4, -0.2) is 23.0 Å². The average molecular weight is 428 g/mol. The number of benzene rings is 4. The van der Waals surface area contributed by atoms with E-state index in [1.54, 1.807) is 48.5 Å². The van der Waals surface area contributed by atoms with Gasteiger partial charge in [-0.1, -0.05) is 36.4 Å². The lowest BCUT2D eigenvalue weighted by Crippen LogP contribution is -2.29. The molecule has 160 valence electrons. The van der Waals surface area contributed by atoms with Crippen LogP contribution >= 0.6 is 0 Å². The fourth-order valence-electron chi connectivity index (χ4n) is 3.68. The molecule has 0 spiro atoms. The summed E-state index contributed by atoms with van der Waals surface area (Å²) in [5, 5.41) is 26.5. The van der Waals surface area contributed by atoms with E-state index in [1.165, 1.54) is 19.2 Å². The molecule has 0 radical (unpaired) electrons. The van der Waals surface area contributed by atoms with Gasteiger partial charge in [0.25, 0.3) is 11.6 Å². The third-order valence-electron chi connectivity index (χ3n) is 5.28. The highest BCUT2D eigenvalue weighted by Crippen LogP contribution is 2.36. The summed E-state index contributed by atoms with van der Waals surface area (Å²) in [5.41, 5.74) is 1.43. The largest absolute Gasteiger partial charge is 0.508 e. The molecule has 0 bridgehead atoms. The van der Waals surface area contributed by atoms with Gasteiger partial charge < -0.3 is 15.2 Å². The number of carbonyl (C=O) groups excluding carboxylic acids is 1. The van der Waals surface area contributed by atoms with Gasteiger partial charge >= 0.3 is 0 Å². The van der Waals surface area contributed by atoms with Gasteiger partial charge in [0.1, 0.15) is 11.5 Å². The van der Waals surface area contributed by atoms with Crippen molar-refractivity contribution in [2.75, 3.05) is 7.11 Å². The molecule has 0 aliphatic heterocycles. The maximum absolute atomic E-state index is 13.1. The summed E-state index contributed by atoms with van der Waals surface area (Å²) in [6.07, 6.45) is 0. The molecule has 4 aromatic rings. The Labute approximate surface area is 184 Å². The third kappa shape index (κ3) is 4.09. The molecule has 0 aromatic heterocycles. The van der Waals surface area contributed by atoms with Crippen LogP contribution in [0.5, 0.6) is 11.5 Å². The molecule has 1 atom stereocenters. The van der Waals surface area contributed by atoms with Gasteiger partial charge in [-0.25, -0.2) is 0 Å². The minimum absolute atomic E-state index is 0.0120. The van der Waals surface area contributed by atoms with Crippen molar-refractivity contribution in [1.29, 1.82) is 0 Å². The van der Waals surface area contributed by atoms with Crippen LogP contribution in [0.4, 0.5) is 5.69 Å². The molecule has 0 aliphatic rings. The number of hydrogen-bond acceptors (Lipinski definition) is 5. The van der Waals surface area contributed by atoms with E-state index in [0.29, 0.717) is 22.4 Å². The van der Waals surface area contributed by atoms with E-state index in [-0.39, 0.29) is 17.3 Å². The van der Waals surface area contributed by atoms with Gasteiger partial charge in [0.2, 0.25) is 0 Å². The Morgan fingerprint density at radius 1 is 1.00 bits per heavy atom. The molecule has 0 unspecified atom stereocenters. The summed E-state index contributed by atoms with van der Waals surface area (Å²) in [6.45, 7) is 0. The fraction of sp³-hybridized carbons (Fsp3) is 0.0800. The number of fused-ring (bicyclic) bond motifs is 1. The normalized spacial score (nSPS) is 11.7. The molecular formula is C25H20N2O5. The molecule has 7 nitrogen and oxygen atoms in total. The van der Waals surface area contributed by atoms with E-state index < -0.39 is 11.0 Å². The van der Waals surface area contributed by atoms with Crippen molar-refractivity contribution >= 4 is 22.4 Å². The SMILES string of the molecule is COc1cccc(C(=O)N[C@@H](c2ccc([N+](=O)[O-])cc2)c2c(O)ccc3ccccc23)c1. The number of carbonyl (C=O) groups is 1. The Balaban J connectivity index is 1.83. The number of rotatable bonds is 6. The van der Waals surface area contributed by atoms with Crippen LogP contribution in [-0.2, 0) is 0 Å². The molecule has 0 aliphatic carbocycles. The van der Waals surface area contributed by atoms with Crippen molar-refractivity contribution in [2.45, 2.75) is 6.04 Å². The summed E-state index contributed by atoms with van der Waals surface area (Å²) >= 11 is 0. The molecular weight excluding hydrogens is 408 g/mol. The number of nitrogens with zero attached hydrogens (tertiary/aromatic N) is 1. The molecule has 0 saturated heterocycles. The predicted octanol–water partition coefficient (Wildman–Crippen LogP) is 4.98. The first kappa shape index (κ1) is 20.9. The minimum Gasteiger partial charge on any atom is -0.508 e. The van der Waals surface area contributed by atoms with Gasteiger partial charge in [-0.15, -0.1) is 0 Å². The number of phenols is 1. The Morgan fingerprint density at radius 2 is 1.75 bits per heavy atom. The molecule has 32 heavy (non-hydrogen) atoms. The number of nitro benzene ring substituents is 1. The minimum atomic E-state index is -0.749. The van der Waals surface area contributed by atoms with Crippen LogP contribution in [0.3, 0.4) is 0 Å². The number of aromatic hydroxyl groups is 1. The second-order valence-corrected chi connectivity index (χ2v) is 7.21. The maximum Gasteiger partial charge on any atom is 0.269 e. The zero-order chi connectivity index (χ0) is 22.7. The summed E-state index contributed by atoms with van der Waals surface area (Å²) in [6, 6.07) is 22.8. The predicted molar refractivity (Wildman–Crippen MR) is 121 cm³/mol. The van der Waals surface area contributed by atoms with Gasteiger partial charge in [-0.05, 0) is 52.7 Å². The van der Waals surface area contributed by atoms with Gasteiger partial charge in [0, 0.05) is 23.3 Å². The molecule has 2 N–H and O–H groups in total. The van der Waals surface area contributed by atoms with Crippen molar-refractivity contribution in [3.8, 4) is 11.5 Å². The quantitative estimate of drug-likeness (QED) is 0.333. The molecule has 0 heterocycles. The molecule has 7 heteroatoms. The van der Waals surface area contributed by atoms with E-state index in [9.17, 15) is 20.0 Å². The number of ether oxygens (including phenoxy) is 1. The van der Waals surface area contributed by atoms with Crippen LogP contribution in [0.1, 0.15) is 27.5 Å². The van der Waals surface area contributed by atoms with Crippen molar-refractivity contribution < 1.29 is 19.6 Å². The van der Waals surface area contributed by atoms with Crippen LogP contribution in [0.2, 0.25) is 0 Å². The highest BCUT2D eigenvalue weighted by molar-refractivity contribution is 5.96. The van der Waals surface area contributed by atoms with Crippen LogP contribution in [0, 0.1) is 10.1 Å². The van der Waals surface area contributed by atoms with Crippen molar-refractivity contribution in [3.05, 3.63) is 112 Å². The van der Waals surface area contributed by atoms with Gasteiger partial charge in [0.15, 0.2) is 0 Å². The smallest absolute Gasteiger partial charge is 0.269 e. The topological polar surface area (TPSA) is 102 Å². The lowest BCUT2D eigenvalue weighted by Gasteiger charge is -2.23. The number of hydrogen-bond donors (Lipinski definition) is 2. The third-order valence-corrected chi connectivity index (χ3v) is 5.28. The molecule has 1 amide bonds. The highest BCUT2D eigenvalue weighted by atomic mass is 16.6.